The van der Waals surface area contributed by atoms with Crippen molar-refractivity contribution in [3.8, 4) is 0 Å². The van der Waals surface area contributed by atoms with Crippen molar-refractivity contribution in [2.45, 2.75) is 52.0 Å². The third kappa shape index (κ3) is 7.21. The average Bonchev–Trinajstić information content (AvgIpc) is 3.24. The predicted molar refractivity (Wildman–Crippen MR) is 156 cm³/mol. The third-order valence-electron chi connectivity index (χ3n) is 7.88. The van der Waals surface area contributed by atoms with Crippen molar-refractivity contribution in [2.75, 3.05) is 38.0 Å². The van der Waals surface area contributed by atoms with Crippen molar-refractivity contribution < 1.29 is 14.4 Å². The largest absolute Gasteiger partial charge is 0.352 e. The number of carbonyl (C=O) groups is 3. The molecule has 0 aliphatic carbocycles. The summed E-state index contributed by atoms with van der Waals surface area (Å²) < 4.78 is 2.31. The van der Waals surface area contributed by atoms with E-state index in [0.717, 1.165) is 51.9 Å². The number of likely N-dealkylation sites (tertiary alicyclic amines) is 2. The first-order chi connectivity index (χ1) is 18.4. The molecule has 1 aromatic carbocycles. The van der Waals surface area contributed by atoms with E-state index in [1.165, 1.54) is 0 Å². The van der Waals surface area contributed by atoms with Crippen LogP contribution in [0.3, 0.4) is 0 Å². The van der Waals surface area contributed by atoms with Crippen molar-refractivity contribution in [3.05, 3.63) is 45.4 Å². The number of benzene rings is 1. The van der Waals surface area contributed by atoms with Crippen molar-refractivity contribution in [1.29, 1.82) is 0 Å². The average molecular weight is 622 g/mol. The van der Waals surface area contributed by atoms with Crippen molar-refractivity contribution >= 4 is 50.9 Å². The Morgan fingerprint density at radius 2 is 1.72 bits per heavy atom. The lowest BCUT2D eigenvalue weighted by atomic mass is 9.90. The highest BCUT2D eigenvalue weighted by molar-refractivity contribution is 9.10. The van der Waals surface area contributed by atoms with Crippen LogP contribution in [0.1, 0.15) is 67.4 Å². The summed E-state index contributed by atoms with van der Waals surface area (Å²) in [5, 5.41) is 6.00. The molecular formula is C28H38BrClN6O3. The van der Waals surface area contributed by atoms with Gasteiger partial charge in [0, 0.05) is 43.8 Å². The molecule has 2 fully saturated rings. The summed E-state index contributed by atoms with van der Waals surface area (Å²) in [4.78, 5) is 47.0. The van der Waals surface area contributed by atoms with E-state index in [1.807, 2.05) is 4.90 Å². The fourth-order valence-corrected chi connectivity index (χ4v) is 5.85. The van der Waals surface area contributed by atoms with Crippen LogP contribution in [0.5, 0.6) is 0 Å². The van der Waals surface area contributed by atoms with Crippen LogP contribution in [0.4, 0.5) is 5.69 Å². The maximum atomic E-state index is 13.1. The van der Waals surface area contributed by atoms with E-state index in [4.69, 9.17) is 11.6 Å². The number of halogens is 2. The van der Waals surface area contributed by atoms with E-state index in [-0.39, 0.29) is 34.1 Å². The molecule has 4 rings (SSSR count). The number of hydrogen-bond donors (Lipinski definition) is 2. The summed E-state index contributed by atoms with van der Waals surface area (Å²) in [6, 6.07) is 4.81. The van der Waals surface area contributed by atoms with Gasteiger partial charge >= 0.3 is 0 Å². The number of amides is 3. The Kier molecular flexibility index (Phi) is 9.39. The Labute approximate surface area is 243 Å². The lowest BCUT2D eigenvalue weighted by Crippen LogP contribution is -2.50. The maximum absolute atomic E-state index is 13.1. The second-order valence-corrected chi connectivity index (χ2v) is 12.7. The second kappa shape index (κ2) is 12.4. The number of rotatable bonds is 6. The van der Waals surface area contributed by atoms with Crippen LogP contribution in [0.15, 0.2) is 29.0 Å². The number of imidazole rings is 1. The maximum Gasteiger partial charge on any atom is 0.291 e. The number of nitrogens with zero attached hydrogens (tertiary/aromatic N) is 4. The first-order valence-electron chi connectivity index (χ1n) is 13.5. The van der Waals surface area contributed by atoms with Gasteiger partial charge in [0.25, 0.3) is 11.8 Å². The molecular weight excluding hydrogens is 584 g/mol. The molecule has 0 saturated carbocycles. The minimum Gasteiger partial charge on any atom is -0.352 e. The lowest BCUT2D eigenvalue weighted by Gasteiger charge is -2.42. The van der Waals surface area contributed by atoms with Crippen molar-refractivity contribution in [2.24, 2.45) is 18.9 Å². The topological polar surface area (TPSA) is 99.6 Å². The summed E-state index contributed by atoms with van der Waals surface area (Å²) in [6.45, 7) is 10.6. The van der Waals surface area contributed by atoms with E-state index >= 15 is 0 Å². The van der Waals surface area contributed by atoms with Crippen LogP contribution in [0.25, 0.3) is 0 Å². The molecule has 9 nitrogen and oxygen atoms in total. The summed E-state index contributed by atoms with van der Waals surface area (Å²) >= 11 is 9.70. The van der Waals surface area contributed by atoms with Crippen LogP contribution in [-0.4, -0.2) is 75.3 Å². The normalized spacial score (nSPS) is 17.7. The zero-order valence-electron chi connectivity index (χ0n) is 23.1. The van der Waals surface area contributed by atoms with Crippen molar-refractivity contribution in [1.82, 2.24) is 24.7 Å². The van der Waals surface area contributed by atoms with Gasteiger partial charge in [-0.1, -0.05) is 11.6 Å². The minimum atomic E-state index is -0.378. The monoisotopic (exact) mass is 620 g/mol. The molecule has 2 aromatic rings. The number of aromatic nitrogens is 2. The fourth-order valence-electron chi connectivity index (χ4n) is 5.31. The summed E-state index contributed by atoms with van der Waals surface area (Å²) in [7, 11) is 1.73. The highest BCUT2D eigenvalue weighted by Gasteiger charge is 2.33. The number of carbonyl (C=O) groups excluding carboxylic acids is 3. The molecule has 2 N–H and O–H groups in total. The number of hydrogen-bond acceptors (Lipinski definition) is 5. The first kappa shape index (κ1) is 29.6. The van der Waals surface area contributed by atoms with Gasteiger partial charge in [0.05, 0.1) is 16.8 Å². The van der Waals surface area contributed by atoms with Crippen molar-refractivity contribution in [3.63, 3.8) is 0 Å². The van der Waals surface area contributed by atoms with Gasteiger partial charge in [0.2, 0.25) is 5.91 Å². The number of piperidine rings is 2. The molecule has 2 aliphatic rings. The van der Waals surface area contributed by atoms with Gasteiger partial charge in [0.1, 0.15) is 4.60 Å². The van der Waals surface area contributed by atoms with Gasteiger partial charge in [-0.05, 0) is 99.6 Å². The molecule has 2 aliphatic heterocycles. The van der Waals surface area contributed by atoms with Gasteiger partial charge in [-0.3, -0.25) is 19.3 Å². The van der Waals surface area contributed by atoms with E-state index in [9.17, 15) is 14.4 Å². The summed E-state index contributed by atoms with van der Waals surface area (Å²) in [5.41, 5.74) is 0.974. The fraction of sp³-hybridized carbons (Fsp3) is 0.571. The molecule has 1 aromatic heterocycles. The molecule has 0 unspecified atom stereocenters. The zero-order valence-corrected chi connectivity index (χ0v) is 25.4. The molecule has 3 amide bonds. The Morgan fingerprint density at radius 3 is 2.28 bits per heavy atom. The van der Waals surface area contributed by atoms with Crippen LogP contribution in [0, 0.1) is 11.8 Å². The summed E-state index contributed by atoms with van der Waals surface area (Å²) in [5.74, 6) is 0.348. The molecule has 0 bridgehead atoms. The molecule has 39 heavy (non-hydrogen) atoms. The number of nitrogens with one attached hydrogen (secondary N) is 2. The van der Waals surface area contributed by atoms with Gasteiger partial charge in [-0.15, -0.1) is 0 Å². The minimum absolute atomic E-state index is 0.125. The Hall–Kier alpha value is -2.43. The second-order valence-electron chi connectivity index (χ2n) is 11.5. The van der Waals surface area contributed by atoms with Gasteiger partial charge in [-0.25, -0.2) is 4.98 Å². The highest BCUT2D eigenvalue weighted by Crippen LogP contribution is 2.27. The molecule has 0 atom stereocenters. The van der Waals surface area contributed by atoms with E-state index in [0.29, 0.717) is 34.2 Å². The standard InChI is InChI=1S/C28H38BrClN6O3/c1-28(2,3)36-13-9-19(10-14-36)27(39)35-11-7-18(8-12-35)16-32-25(37)21-6-5-20(15-22(21)30)33-26(38)24-31-17-23(29)34(24)4/h5-6,15,17-19H,7-14,16H2,1-4H3,(H,32,37)(H,33,38). The van der Waals surface area contributed by atoms with Crippen LogP contribution < -0.4 is 10.6 Å². The molecule has 212 valence electrons. The summed E-state index contributed by atoms with van der Waals surface area (Å²) in [6.07, 6.45) is 5.14. The zero-order chi connectivity index (χ0) is 28.3. The van der Waals surface area contributed by atoms with Crippen LogP contribution >= 0.6 is 27.5 Å². The van der Waals surface area contributed by atoms with Gasteiger partial charge in [0.15, 0.2) is 5.82 Å². The van der Waals surface area contributed by atoms with E-state index in [1.54, 1.807) is 36.0 Å². The molecule has 2 saturated heterocycles. The van der Waals surface area contributed by atoms with Crippen LogP contribution in [-0.2, 0) is 11.8 Å². The highest BCUT2D eigenvalue weighted by atomic mass is 79.9. The smallest absolute Gasteiger partial charge is 0.291 e. The lowest BCUT2D eigenvalue weighted by molar-refractivity contribution is -0.139. The Balaban J connectivity index is 1.22. The van der Waals surface area contributed by atoms with Gasteiger partial charge < -0.3 is 20.1 Å². The molecule has 0 spiro atoms. The predicted octanol–water partition coefficient (Wildman–Crippen LogP) is 4.57. The Bertz CT molecular complexity index is 1210. The first-order valence-corrected chi connectivity index (χ1v) is 14.7. The molecule has 3 heterocycles. The number of anilines is 1. The Morgan fingerprint density at radius 1 is 1.05 bits per heavy atom. The molecule has 0 radical (unpaired) electrons. The SMILES string of the molecule is Cn1c(Br)cnc1C(=O)Nc1ccc(C(=O)NCC2CCN(C(=O)C3CCN(C(C)(C)C)CC3)CC2)c(Cl)c1. The van der Waals surface area contributed by atoms with Crippen LogP contribution in [0.2, 0.25) is 5.02 Å². The van der Waals surface area contributed by atoms with Gasteiger partial charge in [-0.2, -0.15) is 0 Å². The third-order valence-corrected chi connectivity index (χ3v) is 8.93. The molecule has 11 heteroatoms. The van der Waals surface area contributed by atoms with E-state index < -0.39 is 0 Å². The quantitative estimate of drug-likeness (QED) is 0.493. The van der Waals surface area contributed by atoms with E-state index in [2.05, 4.69) is 57.2 Å².